The van der Waals surface area contributed by atoms with E-state index in [1.54, 1.807) is 34.1 Å². The summed E-state index contributed by atoms with van der Waals surface area (Å²) in [4.78, 5) is 33.1. The van der Waals surface area contributed by atoms with Gasteiger partial charge in [0.1, 0.15) is 0 Å². The van der Waals surface area contributed by atoms with Gasteiger partial charge in [0.15, 0.2) is 5.69 Å². The molecule has 1 aliphatic heterocycles. The number of carbonyl (C=O) groups is 2. The molecule has 2 amide bonds. The summed E-state index contributed by atoms with van der Waals surface area (Å²) in [6.07, 6.45) is -0.326. The average molecular weight is 363 g/mol. The van der Waals surface area contributed by atoms with Crippen LogP contribution >= 0.6 is 11.3 Å². The van der Waals surface area contributed by atoms with Crippen LogP contribution in [0.3, 0.4) is 0 Å². The van der Waals surface area contributed by atoms with Gasteiger partial charge in [0.2, 0.25) is 0 Å². The van der Waals surface area contributed by atoms with E-state index in [1.807, 2.05) is 13.8 Å². The van der Waals surface area contributed by atoms with Crippen LogP contribution in [0.15, 0.2) is 6.07 Å². The minimum absolute atomic E-state index is 0.134. The topological polar surface area (TPSA) is 91.4 Å². The number of nitrogens with zero attached hydrogens (tertiary/aromatic N) is 4. The minimum Gasteiger partial charge on any atom is -0.450 e. The number of nitrogens with one attached hydrogen (secondary N) is 1. The van der Waals surface area contributed by atoms with E-state index in [0.29, 0.717) is 38.5 Å². The van der Waals surface area contributed by atoms with Crippen LogP contribution < -0.4 is 0 Å². The molecule has 0 saturated carbocycles. The maximum Gasteiger partial charge on any atom is 0.409 e. The minimum atomic E-state index is -0.326. The Hall–Kier alpha value is -2.42. The fraction of sp³-hybridized carbons (Fsp3) is 0.500. The number of rotatable bonds is 3. The molecule has 2 aromatic heterocycles. The van der Waals surface area contributed by atoms with Gasteiger partial charge in [0.25, 0.3) is 5.91 Å². The van der Waals surface area contributed by atoms with Crippen LogP contribution in [0.4, 0.5) is 4.79 Å². The van der Waals surface area contributed by atoms with E-state index in [0.717, 1.165) is 21.3 Å². The van der Waals surface area contributed by atoms with Crippen molar-refractivity contribution in [1.29, 1.82) is 0 Å². The van der Waals surface area contributed by atoms with Crippen LogP contribution in [0.5, 0.6) is 0 Å². The van der Waals surface area contributed by atoms with E-state index in [2.05, 4.69) is 15.2 Å². The number of H-pyrrole nitrogens is 1. The fourth-order valence-corrected chi connectivity index (χ4v) is 3.68. The molecule has 8 nitrogen and oxygen atoms in total. The maximum atomic E-state index is 12.6. The number of hydrogen-bond donors (Lipinski definition) is 1. The lowest BCUT2D eigenvalue weighted by Crippen LogP contribution is -2.50. The summed E-state index contributed by atoms with van der Waals surface area (Å²) in [6.45, 7) is 7.90. The van der Waals surface area contributed by atoms with Crippen molar-refractivity contribution in [3.8, 4) is 10.6 Å². The first-order chi connectivity index (χ1) is 12.0. The second-order valence-electron chi connectivity index (χ2n) is 5.79. The second-order valence-corrected chi connectivity index (χ2v) is 7.00. The first-order valence-corrected chi connectivity index (χ1v) is 9.02. The van der Waals surface area contributed by atoms with Crippen molar-refractivity contribution in [1.82, 2.24) is 25.0 Å². The number of carbonyl (C=O) groups excluding carboxylic acids is 2. The lowest BCUT2D eigenvalue weighted by molar-refractivity contribution is 0.0566. The zero-order valence-electron chi connectivity index (χ0n) is 14.5. The molecule has 0 unspecified atom stereocenters. The molecule has 0 atom stereocenters. The van der Waals surface area contributed by atoms with Crippen LogP contribution in [0.1, 0.15) is 28.1 Å². The molecule has 9 heteroatoms. The van der Waals surface area contributed by atoms with Gasteiger partial charge in [-0.15, -0.1) is 11.3 Å². The molecule has 0 bridgehead atoms. The number of aryl methyl sites for hydroxylation is 2. The van der Waals surface area contributed by atoms with E-state index < -0.39 is 0 Å². The molecule has 1 saturated heterocycles. The summed E-state index contributed by atoms with van der Waals surface area (Å²) < 4.78 is 4.99. The zero-order chi connectivity index (χ0) is 18.0. The van der Waals surface area contributed by atoms with Crippen LogP contribution in [-0.4, -0.2) is 69.8 Å². The van der Waals surface area contributed by atoms with Gasteiger partial charge in [-0.2, -0.15) is 5.10 Å². The Balaban J connectivity index is 1.65. The molecule has 25 heavy (non-hydrogen) atoms. The summed E-state index contributed by atoms with van der Waals surface area (Å²) in [5, 5.41) is 8.06. The number of amides is 2. The molecule has 134 valence electrons. The molecule has 1 N–H and O–H groups in total. The van der Waals surface area contributed by atoms with Crippen LogP contribution in [0.25, 0.3) is 10.6 Å². The number of aromatic nitrogens is 3. The van der Waals surface area contributed by atoms with Gasteiger partial charge in [0, 0.05) is 26.2 Å². The Morgan fingerprint density at radius 1 is 1.24 bits per heavy atom. The van der Waals surface area contributed by atoms with E-state index >= 15 is 0 Å². The third-order valence-corrected chi connectivity index (χ3v) is 5.14. The number of ether oxygens (including phenoxy) is 1. The normalized spacial score (nSPS) is 14.7. The Bertz CT molecular complexity index is 777. The standard InChI is InChI=1S/C16H21N5O3S/c1-4-24-16(23)21-7-5-20(6-8-21)15(22)13-9-12(18-19-13)14-10(2)17-11(3)25-14/h9H,4-8H2,1-3H3,(H,18,19). The number of aromatic amines is 1. The molecule has 0 radical (unpaired) electrons. The molecule has 0 aromatic carbocycles. The van der Waals surface area contributed by atoms with Crippen molar-refractivity contribution in [3.05, 3.63) is 22.5 Å². The summed E-state index contributed by atoms with van der Waals surface area (Å²) in [6, 6.07) is 1.76. The molecule has 3 heterocycles. The molecular weight excluding hydrogens is 342 g/mol. The van der Waals surface area contributed by atoms with Gasteiger partial charge in [-0.3, -0.25) is 9.89 Å². The van der Waals surface area contributed by atoms with Crippen LogP contribution in [-0.2, 0) is 4.74 Å². The predicted octanol–water partition coefficient (Wildman–Crippen LogP) is 2.06. The second kappa shape index (κ2) is 7.22. The number of hydrogen-bond acceptors (Lipinski definition) is 6. The Labute approximate surface area is 149 Å². The Morgan fingerprint density at radius 2 is 1.92 bits per heavy atom. The highest BCUT2D eigenvalue weighted by molar-refractivity contribution is 7.15. The molecule has 0 spiro atoms. The SMILES string of the molecule is CCOC(=O)N1CCN(C(=O)c2cc(-c3sc(C)nc3C)[nH]n2)CC1. The third-order valence-electron chi connectivity index (χ3n) is 4.04. The Kier molecular flexibility index (Phi) is 5.03. The monoisotopic (exact) mass is 363 g/mol. The largest absolute Gasteiger partial charge is 0.450 e. The van der Waals surface area contributed by atoms with Gasteiger partial charge in [0.05, 0.1) is 27.9 Å². The number of thiazole rings is 1. The van der Waals surface area contributed by atoms with Crippen molar-refractivity contribution in [2.24, 2.45) is 0 Å². The zero-order valence-corrected chi connectivity index (χ0v) is 15.4. The third kappa shape index (κ3) is 3.65. The molecule has 0 aliphatic carbocycles. The van der Waals surface area contributed by atoms with Crippen LogP contribution in [0, 0.1) is 13.8 Å². The van der Waals surface area contributed by atoms with E-state index in [-0.39, 0.29) is 12.0 Å². The lowest BCUT2D eigenvalue weighted by Gasteiger charge is -2.33. The van der Waals surface area contributed by atoms with E-state index in [1.165, 1.54) is 0 Å². The van der Waals surface area contributed by atoms with Gasteiger partial charge in [-0.05, 0) is 26.8 Å². The summed E-state index contributed by atoms with van der Waals surface area (Å²) in [5.41, 5.74) is 2.11. The summed E-state index contributed by atoms with van der Waals surface area (Å²) in [5.74, 6) is -0.134. The summed E-state index contributed by atoms with van der Waals surface area (Å²) in [7, 11) is 0. The van der Waals surface area contributed by atoms with Crippen molar-refractivity contribution < 1.29 is 14.3 Å². The molecular formula is C16H21N5O3S. The maximum absolute atomic E-state index is 12.6. The molecule has 2 aromatic rings. The lowest BCUT2D eigenvalue weighted by atomic mass is 10.2. The smallest absolute Gasteiger partial charge is 0.409 e. The highest BCUT2D eigenvalue weighted by Gasteiger charge is 2.27. The fourth-order valence-electron chi connectivity index (χ4n) is 2.80. The van der Waals surface area contributed by atoms with Gasteiger partial charge < -0.3 is 14.5 Å². The quantitative estimate of drug-likeness (QED) is 0.901. The van der Waals surface area contributed by atoms with Crippen molar-refractivity contribution in [2.45, 2.75) is 20.8 Å². The van der Waals surface area contributed by atoms with Crippen molar-refractivity contribution in [2.75, 3.05) is 32.8 Å². The predicted molar refractivity (Wildman–Crippen MR) is 93.7 cm³/mol. The molecule has 3 rings (SSSR count). The first-order valence-electron chi connectivity index (χ1n) is 8.20. The molecule has 1 fully saturated rings. The van der Waals surface area contributed by atoms with Gasteiger partial charge >= 0.3 is 6.09 Å². The van der Waals surface area contributed by atoms with Crippen molar-refractivity contribution in [3.63, 3.8) is 0 Å². The number of piperazine rings is 1. The Morgan fingerprint density at radius 3 is 2.52 bits per heavy atom. The highest BCUT2D eigenvalue weighted by Crippen LogP contribution is 2.28. The molecule has 1 aliphatic rings. The highest BCUT2D eigenvalue weighted by atomic mass is 32.1. The van der Waals surface area contributed by atoms with Crippen molar-refractivity contribution >= 4 is 23.3 Å². The average Bonchev–Trinajstić information content (AvgIpc) is 3.21. The van der Waals surface area contributed by atoms with Gasteiger partial charge in [-0.1, -0.05) is 0 Å². The first kappa shape index (κ1) is 17.4. The summed E-state index contributed by atoms with van der Waals surface area (Å²) >= 11 is 1.57. The van der Waals surface area contributed by atoms with E-state index in [9.17, 15) is 9.59 Å². The van der Waals surface area contributed by atoms with E-state index in [4.69, 9.17) is 4.74 Å². The van der Waals surface area contributed by atoms with Crippen LogP contribution in [0.2, 0.25) is 0 Å². The van der Waals surface area contributed by atoms with Gasteiger partial charge in [-0.25, -0.2) is 9.78 Å².